The van der Waals surface area contributed by atoms with Crippen molar-refractivity contribution in [2.45, 2.75) is 25.9 Å². The van der Waals surface area contributed by atoms with Crippen LogP contribution in [0.2, 0.25) is 0 Å². The first-order valence-corrected chi connectivity index (χ1v) is 8.71. The molecule has 0 saturated heterocycles. The van der Waals surface area contributed by atoms with Gasteiger partial charge in [-0.25, -0.2) is 4.39 Å². The highest BCUT2D eigenvalue weighted by Crippen LogP contribution is 2.34. The molecule has 0 atom stereocenters. The van der Waals surface area contributed by atoms with Crippen LogP contribution in [0.3, 0.4) is 0 Å². The van der Waals surface area contributed by atoms with Crippen LogP contribution in [0.5, 0.6) is 5.75 Å². The number of rotatable bonds is 6. The molecule has 0 aliphatic rings. The molecule has 146 valence electrons. The largest absolute Gasteiger partial charge is 0.429 e. The molecule has 28 heavy (non-hydrogen) atoms. The average molecular weight is 392 g/mol. The molecule has 0 N–H and O–H groups in total. The normalized spacial score (nSPS) is 11.5. The van der Waals surface area contributed by atoms with Gasteiger partial charge in [0.1, 0.15) is 11.6 Å². The van der Waals surface area contributed by atoms with Crippen molar-refractivity contribution in [1.82, 2.24) is 0 Å². The Labute approximate surface area is 159 Å². The Hall–Kier alpha value is -2.89. The van der Waals surface area contributed by atoms with E-state index in [1.54, 1.807) is 12.1 Å². The smallest absolute Gasteiger partial charge is 0.426 e. The lowest BCUT2D eigenvalue weighted by molar-refractivity contribution is -0.185. The SMILES string of the molecule is CCCc1ccc(C(F)(F)Oc2ccc3c(F)c(C=C(F)F)ccc3c2)cc1. The van der Waals surface area contributed by atoms with Gasteiger partial charge in [0.05, 0.1) is 5.56 Å². The van der Waals surface area contributed by atoms with Crippen LogP contribution in [0.1, 0.15) is 30.0 Å². The zero-order chi connectivity index (χ0) is 20.3. The summed E-state index contributed by atoms with van der Waals surface area (Å²) in [5, 5.41) is 0.301. The van der Waals surface area contributed by atoms with Crippen molar-refractivity contribution in [2.75, 3.05) is 0 Å². The summed E-state index contributed by atoms with van der Waals surface area (Å²) in [5.74, 6) is -1.01. The molecular formula is C22H17F5O. The molecule has 0 fully saturated rings. The van der Waals surface area contributed by atoms with E-state index in [0.717, 1.165) is 24.5 Å². The lowest BCUT2D eigenvalue weighted by atomic mass is 10.1. The third-order valence-electron chi connectivity index (χ3n) is 4.29. The summed E-state index contributed by atoms with van der Waals surface area (Å²) in [7, 11) is 0. The molecule has 0 amide bonds. The molecule has 3 aromatic carbocycles. The minimum Gasteiger partial charge on any atom is -0.429 e. The summed E-state index contributed by atoms with van der Waals surface area (Å²) in [4.78, 5) is 0. The van der Waals surface area contributed by atoms with Crippen LogP contribution in [0, 0.1) is 5.82 Å². The summed E-state index contributed by atoms with van der Waals surface area (Å²) < 4.78 is 72.8. The number of hydrogen-bond acceptors (Lipinski definition) is 1. The Morgan fingerprint density at radius 2 is 1.71 bits per heavy atom. The van der Waals surface area contributed by atoms with E-state index < -0.39 is 18.0 Å². The van der Waals surface area contributed by atoms with Gasteiger partial charge in [0.2, 0.25) is 0 Å². The van der Waals surface area contributed by atoms with Gasteiger partial charge in [0.15, 0.2) is 0 Å². The lowest BCUT2D eigenvalue weighted by Gasteiger charge is -2.19. The third-order valence-corrected chi connectivity index (χ3v) is 4.29. The fraction of sp³-hybridized carbons (Fsp3) is 0.182. The standard InChI is InChI=1S/C22H17F5O/c1-2-3-14-4-8-17(9-5-14)22(26,27)28-18-10-11-19-15(12-18)6-7-16(21(19)25)13-20(23)24/h4-13H,2-3H2,1H3. The van der Waals surface area contributed by atoms with E-state index >= 15 is 0 Å². The molecule has 0 radical (unpaired) electrons. The quantitative estimate of drug-likeness (QED) is 0.400. The first-order chi connectivity index (χ1) is 13.3. The average Bonchev–Trinajstić information content (AvgIpc) is 2.64. The Balaban J connectivity index is 1.88. The summed E-state index contributed by atoms with van der Waals surface area (Å²) in [5.41, 5.74) is 0.383. The highest BCUT2D eigenvalue weighted by molar-refractivity contribution is 5.86. The summed E-state index contributed by atoms with van der Waals surface area (Å²) in [6, 6.07) is 12.1. The van der Waals surface area contributed by atoms with Crippen molar-refractivity contribution in [3.8, 4) is 5.75 Å². The van der Waals surface area contributed by atoms with Gasteiger partial charge in [-0.05, 0) is 47.7 Å². The van der Waals surface area contributed by atoms with Crippen molar-refractivity contribution in [1.29, 1.82) is 0 Å². The predicted molar refractivity (Wildman–Crippen MR) is 99.1 cm³/mol. The Bertz CT molecular complexity index is 1010. The maximum Gasteiger partial charge on any atom is 0.426 e. The topological polar surface area (TPSA) is 9.23 Å². The van der Waals surface area contributed by atoms with Crippen molar-refractivity contribution in [3.63, 3.8) is 0 Å². The minimum absolute atomic E-state index is 0.0367. The fourth-order valence-corrected chi connectivity index (χ4v) is 2.94. The van der Waals surface area contributed by atoms with Gasteiger partial charge >= 0.3 is 6.11 Å². The molecule has 0 unspecified atom stereocenters. The van der Waals surface area contributed by atoms with Gasteiger partial charge in [0.25, 0.3) is 6.08 Å². The van der Waals surface area contributed by atoms with E-state index in [2.05, 4.69) is 0 Å². The minimum atomic E-state index is -3.57. The summed E-state index contributed by atoms with van der Waals surface area (Å²) in [6.45, 7) is 2.00. The number of alkyl halides is 2. The van der Waals surface area contributed by atoms with E-state index in [1.165, 1.54) is 36.4 Å². The second-order valence-electron chi connectivity index (χ2n) is 6.35. The van der Waals surface area contributed by atoms with Crippen molar-refractivity contribution < 1.29 is 26.7 Å². The molecular weight excluding hydrogens is 375 g/mol. The number of fused-ring (bicyclic) bond motifs is 1. The number of hydrogen-bond donors (Lipinski definition) is 0. The number of halogens is 5. The fourth-order valence-electron chi connectivity index (χ4n) is 2.94. The predicted octanol–water partition coefficient (Wildman–Crippen LogP) is 7.30. The van der Waals surface area contributed by atoms with Gasteiger partial charge in [0, 0.05) is 17.0 Å². The van der Waals surface area contributed by atoms with E-state index in [9.17, 15) is 22.0 Å². The Morgan fingerprint density at radius 1 is 1.00 bits per heavy atom. The molecule has 0 aromatic heterocycles. The van der Waals surface area contributed by atoms with Crippen LogP contribution in [0.25, 0.3) is 16.8 Å². The van der Waals surface area contributed by atoms with Crippen LogP contribution in [-0.4, -0.2) is 0 Å². The molecule has 0 heterocycles. The van der Waals surface area contributed by atoms with Crippen molar-refractivity contribution >= 4 is 16.8 Å². The van der Waals surface area contributed by atoms with E-state index in [-0.39, 0.29) is 27.6 Å². The van der Waals surface area contributed by atoms with Crippen molar-refractivity contribution in [2.24, 2.45) is 0 Å². The zero-order valence-electron chi connectivity index (χ0n) is 15.0. The van der Waals surface area contributed by atoms with Crippen LogP contribution in [0.15, 0.2) is 60.7 Å². The van der Waals surface area contributed by atoms with Gasteiger partial charge in [-0.1, -0.05) is 37.6 Å². The van der Waals surface area contributed by atoms with Gasteiger partial charge < -0.3 is 4.74 Å². The van der Waals surface area contributed by atoms with Crippen LogP contribution in [-0.2, 0) is 12.5 Å². The first-order valence-electron chi connectivity index (χ1n) is 8.71. The van der Waals surface area contributed by atoms with Crippen LogP contribution < -0.4 is 4.74 Å². The zero-order valence-corrected chi connectivity index (χ0v) is 15.0. The Kier molecular flexibility index (Phi) is 5.68. The third kappa shape index (κ3) is 4.32. The van der Waals surface area contributed by atoms with Crippen LogP contribution >= 0.6 is 0 Å². The van der Waals surface area contributed by atoms with Gasteiger partial charge in [-0.15, -0.1) is 0 Å². The summed E-state index contributed by atoms with van der Waals surface area (Å²) in [6.07, 6.45) is -3.48. The molecule has 1 nitrogen and oxygen atoms in total. The number of aryl methyl sites for hydroxylation is 1. The lowest BCUT2D eigenvalue weighted by Crippen LogP contribution is -2.21. The maximum atomic E-state index is 14.5. The molecule has 3 rings (SSSR count). The molecule has 3 aromatic rings. The van der Waals surface area contributed by atoms with E-state index in [1.807, 2.05) is 6.92 Å². The second-order valence-corrected chi connectivity index (χ2v) is 6.35. The van der Waals surface area contributed by atoms with E-state index in [0.29, 0.717) is 6.08 Å². The maximum absolute atomic E-state index is 14.5. The number of ether oxygens (including phenoxy) is 1. The molecule has 0 saturated carbocycles. The molecule has 0 aliphatic heterocycles. The van der Waals surface area contributed by atoms with Crippen molar-refractivity contribution in [3.05, 3.63) is 83.2 Å². The highest BCUT2D eigenvalue weighted by Gasteiger charge is 2.34. The van der Waals surface area contributed by atoms with Gasteiger partial charge in [-0.2, -0.15) is 17.6 Å². The second kappa shape index (κ2) is 8.00. The van der Waals surface area contributed by atoms with E-state index in [4.69, 9.17) is 4.74 Å². The summed E-state index contributed by atoms with van der Waals surface area (Å²) >= 11 is 0. The monoisotopic (exact) mass is 392 g/mol. The Morgan fingerprint density at radius 3 is 2.36 bits per heavy atom. The molecule has 0 spiro atoms. The molecule has 0 aliphatic carbocycles. The van der Waals surface area contributed by atoms with Crippen LogP contribution in [0.4, 0.5) is 22.0 Å². The molecule has 6 heteroatoms. The van der Waals surface area contributed by atoms with Gasteiger partial charge in [-0.3, -0.25) is 0 Å². The highest BCUT2D eigenvalue weighted by atomic mass is 19.3. The molecule has 0 bridgehead atoms. The first kappa shape index (κ1) is 19.9. The number of benzene rings is 3.